The summed E-state index contributed by atoms with van der Waals surface area (Å²) in [6, 6.07) is 7.74. The number of rotatable bonds is 4. The van der Waals surface area contributed by atoms with Crippen molar-refractivity contribution in [3.8, 4) is 6.07 Å². The van der Waals surface area contributed by atoms with E-state index in [0.717, 1.165) is 17.3 Å². The van der Waals surface area contributed by atoms with Crippen LogP contribution < -0.4 is 5.32 Å². The monoisotopic (exact) mass is 289 g/mol. The molecule has 21 heavy (non-hydrogen) atoms. The van der Waals surface area contributed by atoms with E-state index in [2.05, 4.69) is 11.4 Å². The summed E-state index contributed by atoms with van der Waals surface area (Å²) in [5.74, 6) is -1.69. The van der Waals surface area contributed by atoms with Gasteiger partial charge in [-0.25, -0.2) is 8.78 Å². The van der Waals surface area contributed by atoms with E-state index in [1.807, 2.05) is 31.5 Å². The zero-order valence-corrected chi connectivity index (χ0v) is 12.2. The highest BCUT2D eigenvalue weighted by Crippen LogP contribution is 2.18. The van der Waals surface area contributed by atoms with Crippen LogP contribution in [-0.2, 0) is 13.6 Å². The maximum atomic E-state index is 13.2. The van der Waals surface area contributed by atoms with E-state index in [4.69, 9.17) is 5.26 Å². The maximum absolute atomic E-state index is 13.2. The van der Waals surface area contributed by atoms with E-state index in [1.165, 1.54) is 6.07 Å². The molecule has 1 unspecified atom stereocenters. The van der Waals surface area contributed by atoms with E-state index < -0.39 is 11.6 Å². The molecule has 0 fully saturated rings. The Kier molecular flexibility index (Phi) is 4.39. The van der Waals surface area contributed by atoms with Crippen molar-refractivity contribution in [3.05, 3.63) is 58.4 Å². The number of hydrogen-bond acceptors (Lipinski definition) is 2. The van der Waals surface area contributed by atoms with Gasteiger partial charge < -0.3 is 9.88 Å². The van der Waals surface area contributed by atoms with Crippen LogP contribution in [0.3, 0.4) is 0 Å². The van der Waals surface area contributed by atoms with E-state index in [-0.39, 0.29) is 6.04 Å². The van der Waals surface area contributed by atoms with Crippen molar-refractivity contribution >= 4 is 0 Å². The summed E-state index contributed by atoms with van der Waals surface area (Å²) < 4.78 is 28.0. The average Bonchev–Trinajstić information content (AvgIpc) is 2.75. The highest BCUT2D eigenvalue weighted by Gasteiger charge is 2.12. The normalized spacial score (nSPS) is 12.2. The van der Waals surface area contributed by atoms with Crippen molar-refractivity contribution in [2.75, 3.05) is 0 Å². The van der Waals surface area contributed by atoms with E-state index >= 15 is 0 Å². The Labute approximate surface area is 122 Å². The summed E-state index contributed by atoms with van der Waals surface area (Å²) >= 11 is 0. The third-order valence-electron chi connectivity index (χ3n) is 3.80. The first-order valence-electron chi connectivity index (χ1n) is 6.67. The van der Waals surface area contributed by atoms with Gasteiger partial charge in [-0.05, 0) is 43.2 Å². The molecule has 2 aromatic rings. The van der Waals surface area contributed by atoms with Gasteiger partial charge in [-0.1, -0.05) is 6.07 Å². The van der Waals surface area contributed by atoms with Gasteiger partial charge in [0.2, 0.25) is 0 Å². The number of aromatic nitrogens is 1. The van der Waals surface area contributed by atoms with Crippen LogP contribution in [0.15, 0.2) is 24.3 Å². The molecule has 110 valence electrons. The van der Waals surface area contributed by atoms with E-state index in [9.17, 15) is 8.78 Å². The average molecular weight is 289 g/mol. The minimum atomic E-state index is -0.844. The third-order valence-corrected chi connectivity index (χ3v) is 3.80. The molecule has 0 radical (unpaired) electrons. The molecule has 3 nitrogen and oxygen atoms in total. The van der Waals surface area contributed by atoms with Crippen LogP contribution in [0.1, 0.15) is 35.5 Å². The van der Waals surface area contributed by atoms with Gasteiger partial charge >= 0.3 is 0 Å². The minimum absolute atomic E-state index is 0.120. The fraction of sp³-hybridized carbons (Fsp3) is 0.312. The van der Waals surface area contributed by atoms with Crippen molar-refractivity contribution in [1.82, 2.24) is 9.88 Å². The largest absolute Gasteiger partial charge is 0.340 e. The van der Waals surface area contributed by atoms with Crippen LogP contribution in [0.25, 0.3) is 0 Å². The van der Waals surface area contributed by atoms with Crippen molar-refractivity contribution < 1.29 is 8.78 Å². The quantitative estimate of drug-likeness (QED) is 0.938. The molecule has 1 heterocycles. The highest BCUT2D eigenvalue weighted by atomic mass is 19.2. The van der Waals surface area contributed by atoms with Crippen molar-refractivity contribution in [2.45, 2.75) is 26.4 Å². The molecule has 5 heteroatoms. The summed E-state index contributed by atoms with van der Waals surface area (Å²) in [6.45, 7) is 4.39. The third kappa shape index (κ3) is 3.11. The van der Waals surface area contributed by atoms with Crippen LogP contribution in [0, 0.1) is 29.9 Å². The highest BCUT2D eigenvalue weighted by molar-refractivity contribution is 5.34. The van der Waals surface area contributed by atoms with Gasteiger partial charge in [-0.15, -0.1) is 0 Å². The molecule has 1 aromatic carbocycles. The summed E-state index contributed by atoms with van der Waals surface area (Å²) in [5, 5.41) is 12.3. The fourth-order valence-electron chi connectivity index (χ4n) is 2.21. The van der Waals surface area contributed by atoms with Crippen LogP contribution in [-0.4, -0.2) is 4.57 Å². The fourth-order valence-corrected chi connectivity index (χ4v) is 2.21. The predicted octanol–water partition coefficient (Wildman–Crippen LogP) is 3.33. The number of hydrogen-bond donors (Lipinski definition) is 1. The summed E-state index contributed by atoms with van der Waals surface area (Å²) in [4.78, 5) is 0. The van der Waals surface area contributed by atoms with Crippen molar-refractivity contribution in [2.24, 2.45) is 7.05 Å². The molecule has 1 aromatic heterocycles. The first-order chi connectivity index (χ1) is 9.93. The Hall–Kier alpha value is -2.19. The van der Waals surface area contributed by atoms with Crippen LogP contribution in [0.5, 0.6) is 0 Å². The number of nitrogens with one attached hydrogen (secondary N) is 1. The first-order valence-corrected chi connectivity index (χ1v) is 6.67. The molecule has 0 spiro atoms. The smallest absolute Gasteiger partial charge is 0.159 e. The Bertz CT molecular complexity index is 698. The molecule has 0 aliphatic rings. The zero-order valence-electron chi connectivity index (χ0n) is 12.2. The molecule has 0 aliphatic carbocycles. The van der Waals surface area contributed by atoms with Crippen LogP contribution in [0.2, 0.25) is 0 Å². The second-order valence-corrected chi connectivity index (χ2v) is 5.09. The molecular formula is C16H17F2N3. The van der Waals surface area contributed by atoms with Crippen LogP contribution >= 0.6 is 0 Å². The summed E-state index contributed by atoms with van der Waals surface area (Å²) in [6.07, 6.45) is 0. The van der Waals surface area contributed by atoms with Gasteiger partial charge in [-0.2, -0.15) is 5.26 Å². The zero-order chi connectivity index (χ0) is 15.6. The Morgan fingerprint density at radius 1 is 1.29 bits per heavy atom. The molecule has 0 aliphatic heterocycles. The Balaban J connectivity index is 2.09. The number of halogens is 2. The van der Waals surface area contributed by atoms with Crippen molar-refractivity contribution in [1.29, 1.82) is 5.26 Å². The van der Waals surface area contributed by atoms with Gasteiger partial charge in [0.1, 0.15) is 11.8 Å². The SMILES string of the molecule is Cc1c(CNC(C)c2ccc(F)c(F)c2)cc(C#N)n1C. The van der Waals surface area contributed by atoms with Crippen molar-refractivity contribution in [3.63, 3.8) is 0 Å². The van der Waals surface area contributed by atoms with Gasteiger partial charge in [0.15, 0.2) is 11.6 Å². The van der Waals surface area contributed by atoms with E-state index in [0.29, 0.717) is 17.8 Å². The van der Waals surface area contributed by atoms with Gasteiger partial charge in [0.25, 0.3) is 0 Å². The molecule has 1 N–H and O–H groups in total. The van der Waals surface area contributed by atoms with E-state index in [1.54, 1.807) is 6.07 Å². The summed E-state index contributed by atoms with van der Waals surface area (Å²) in [5.41, 5.74) is 3.31. The Morgan fingerprint density at radius 2 is 2.00 bits per heavy atom. The van der Waals surface area contributed by atoms with Gasteiger partial charge in [0.05, 0.1) is 0 Å². The minimum Gasteiger partial charge on any atom is -0.340 e. The number of nitriles is 1. The number of benzene rings is 1. The predicted molar refractivity (Wildman–Crippen MR) is 76.5 cm³/mol. The molecule has 1 atom stereocenters. The molecular weight excluding hydrogens is 272 g/mol. The molecule has 2 rings (SSSR count). The lowest BCUT2D eigenvalue weighted by Crippen LogP contribution is -2.18. The lowest BCUT2D eigenvalue weighted by Gasteiger charge is -2.14. The lowest BCUT2D eigenvalue weighted by molar-refractivity contribution is 0.500. The molecule has 0 bridgehead atoms. The summed E-state index contributed by atoms with van der Waals surface area (Å²) in [7, 11) is 1.84. The maximum Gasteiger partial charge on any atom is 0.159 e. The molecule has 0 amide bonds. The molecule has 0 saturated heterocycles. The first kappa shape index (κ1) is 15.2. The van der Waals surface area contributed by atoms with Gasteiger partial charge in [0, 0.05) is 25.3 Å². The topological polar surface area (TPSA) is 40.8 Å². The number of nitrogens with zero attached hydrogens (tertiary/aromatic N) is 2. The second-order valence-electron chi connectivity index (χ2n) is 5.09. The van der Waals surface area contributed by atoms with Gasteiger partial charge in [-0.3, -0.25) is 0 Å². The second kappa shape index (κ2) is 6.06. The Morgan fingerprint density at radius 3 is 2.57 bits per heavy atom. The molecule has 0 saturated carbocycles. The lowest BCUT2D eigenvalue weighted by atomic mass is 10.1. The van der Waals surface area contributed by atoms with Crippen LogP contribution in [0.4, 0.5) is 8.78 Å². The standard InChI is InChI=1S/C16H17F2N3/c1-10(12-4-5-15(17)16(18)7-12)20-9-13-6-14(8-19)21(3)11(13)2/h4-7,10,20H,9H2,1-3H3.